The number of imidazole rings is 1. The van der Waals surface area contributed by atoms with Crippen LogP contribution in [0.1, 0.15) is 18.9 Å². The molecular formula is C8H11ClN2O2S2. The Morgan fingerprint density at radius 1 is 1.47 bits per heavy atom. The Hall–Kier alpha value is -0.200. The molecule has 2 rings (SSSR count). The number of halogens is 1. The minimum atomic E-state index is -3.67. The van der Waals surface area contributed by atoms with E-state index in [9.17, 15) is 8.42 Å². The first kappa shape index (κ1) is 11.3. The van der Waals surface area contributed by atoms with Crippen LogP contribution in [0.3, 0.4) is 0 Å². The van der Waals surface area contributed by atoms with Gasteiger partial charge in [-0.3, -0.25) is 0 Å². The normalized spacial score (nSPS) is 19.3. The standard InChI is InChI=1S/C8H11ClN2O2S2/c9-15(12,13)8-5-10-6-11(8)7-1-3-14-4-2-7/h5-7H,1-4H2. The zero-order chi connectivity index (χ0) is 10.9. The van der Waals surface area contributed by atoms with Crippen molar-refractivity contribution in [3.05, 3.63) is 12.5 Å². The Labute approximate surface area is 97.4 Å². The van der Waals surface area contributed by atoms with Gasteiger partial charge in [-0.25, -0.2) is 13.4 Å². The van der Waals surface area contributed by atoms with Crippen molar-refractivity contribution >= 4 is 31.5 Å². The second-order valence-electron chi connectivity index (χ2n) is 3.42. The fraction of sp³-hybridized carbons (Fsp3) is 0.625. The van der Waals surface area contributed by atoms with Crippen LogP contribution in [0.15, 0.2) is 17.6 Å². The van der Waals surface area contributed by atoms with Crippen LogP contribution < -0.4 is 0 Å². The molecule has 1 aliphatic heterocycles. The molecular weight excluding hydrogens is 256 g/mol. The molecule has 15 heavy (non-hydrogen) atoms. The van der Waals surface area contributed by atoms with Crippen LogP contribution in [0.4, 0.5) is 0 Å². The molecule has 1 saturated heterocycles. The smallest absolute Gasteiger partial charge is 0.278 e. The highest BCUT2D eigenvalue weighted by Gasteiger charge is 2.23. The van der Waals surface area contributed by atoms with Crippen molar-refractivity contribution in [2.45, 2.75) is 23.9 Å². The van der Waals surface area contributed by atoms with Gasteiger partial charge in [-0.15, -0.1) is 0 Å². The molecule has 0 unspecified atom stereocenters. The first-order chi connectivity index (χ1) is 7.09. The SMILES string of the molecule is O=S(=O)(Cl)c1cncn1C1CCSCC1. The average Bonchev–Trinajstić information content (AvgIpc) is 2.67. The minimum absolute atomic E-state index is 0.112. The summed E-state index contributed by atoms with van der Waals surface area (Å²) in [5.41, 5.74) is 0. The van der Waals surface area contributed by atoms with E-state index in [1.165, 1.54) is 6.20 Å². The van der Waals surface area contributed by atoms with Gasteiger partial charge in [-0.05, 0) is 24.3 Å². The maximum atomic E-state index is 11.3. The van der Waals surface area contributed by atoms with Crippen LogP contribution in [0.5, 0.6) is 0 Å². The highest BCUT2D eigenvalue weighted by Crippen LogP contribution is 2.29. The molecule has 0 atom stereocenters. The molecule has 0 aliphatic carbocycles. The summed E-state index contributed by atoms with van der Waals surface area (Å²) in [6.07, 6.45) is 4.81. The first-order valence-corrected chi connectivity index (χ1v) is 8.09. The number of thioether (sulfide) groups is 1. The summed E-state index contributed by atoms with van der Waals surface area (Å²) in [7, 11) is 1.66. The highest BCUT2D eigenvalue weighted by atomic mass is 35.7. The fourth-order valence-corrected chi connectivity index (χ4v) is 3.79. The van der Waals surface area contributed by atoms with E-state index in [0.29, 0.717) is 0 Å². The van der Waals surface area contributed by atoms with Crippen LogP contribution in [-0.2, 0) is 9.05 Å². The lowest BCUT2D eigenvalue weighted by Gasteiger charge is -2.23. The van der Waals surface area contributed by atoms with Gasteiger partial charge >= 0.3 is 0 Å². The molecule has 1 aliphatic rings. The molecule has 0 saturated carbocycles. The Morgan fingerprint density at radius 2 is 2.13 bits per heavy atom. The van der Waals surface area contributed by atoms with Crippen LogP contribution in [0.25, 0.3) is 0 Å². The maximum absolute atomic E-state index is 11.3. The molecule has 0 aromatic carbocycles. The van der Waals surface area contributed by atoms with E-state index < -0.39 is 9.05 Å². The van der Waals surface area contributed by atoms with E-state index in [4.69, 9.17) is 10.7 Å². The van der Waals surface area contributed by atoms with Gasteiger partial charge < -0.3 is 4.57 Å². The van der Waals surface area contributed by atoms with Gasteiger partial charge in [-0.1, -0.05) is 0 Å². The quantitative estimate of drug-likeness (QED) is 0.767. The molecule has 84 valence electrons. The van der Waals surface area contributed by atoms with Crippen molar-refractivity contribution < 1.29 is 8.42 Å². The number of nitrogens with zero attached hydrogens (tertiary/aromatic N) is 2. The highest BCUT2D eigenvalue weighted by molar-refractivity contribution is 8.13. The van der Waals surface area contributed by atoms with Crippen molar-refractivity contribution in [3.63, 3.8) is 0 Å². The molecule has 4 nitrogen and oxygen atoms in total. The number of rotatable bonds is 2. The van der Waals surface area contributed by atoms with E-state index in [1.54, 1.807) is 10.9 Å². The number of aromatic nitrogens is 2. The van der Waals surface area contributed by atoms with Gasteiger partial charge in [0.25, 0.3) is 9.05 Å². The largest absolute Gasteiger partial charge is 0.318 e. The van der Waals surface area contributed by atoms with E-state index in [2.05, 4.69) is 4.98 Å². The molecule has 1 aromatic rings. The zero-order valence-corrected chi connectivity index (χ0v) is 10.4. The summed E-state index contributed by atoms with van der Waals surface area (Å²) >= 11 is 1.89. The van der Waals surface area contributed by atoms with Gasteiger partial charge in [0.1, 0.15) is 0 Å². The van der Waals surface area contributed by atoms with Crippen LogP contribution in [0.2, 0.25) is 0 Å². The summed E-state index contributed by atoms with van der Waals surface area (Å²) in [5.74, 6) is 2.12. The Balaban J connectivity index is 2.32. The molecule has 1 fully saturated rings. The minimum Gasteiger partial charge on any atom is -0.318 e. The molecule has 0 amide bonds. The Morgan fingerprint density at radius 3 is 2.73 bits per heavy atom. The lowest BCUT2D eigenvalue weighted by atomic mass is 10.1. The van der Waals surface area contributed by atoms with Crippen molar-refractivity contribution in [1.29, 1.82) is 0 Å². The third-order valence-electron chi connectivity index (χ3n) is 2.46. The first-order valence-electron chi connectivity index (χ1n) is 4.63. The Bertz CT molecular complexity index is 437. The van der Waals surface area contributed by atoms with E-state index in [0.717, 1.165) is 24.3 Å². The van der Waals surface area contributed by atoms with Gasteiger partial charge in [0.15, 0.2) is 5.03 Å². The number of hydrogen-bond donors (Lipinski definition) is 0. The van der Waals surface area contributed by atoms with E-state index in [-0.39, 0.29) is 11.1 Å². The van der Waals surface area contributed by atoms with Gasteiger partial charge in [0, 0.05) is 16.7 Å². The molecule has 0 N–H and O–H groups in total. The van der Waals surface area contributed by atoms with Gasteiger partial charge in [0.05, 0.1) is 12.5 Å². The zero-order valence-electron chi connectivity index (χ0n) is 7.97. The fourth-order valence-electron chi connectivity index (χ4n) is 1.72. The predicted octanol–water partition coefficient (Wildman–Crippen LogP) is 1.88. The van der Waals surface area contributed by atoms with Crippen molar-refractivity contribution in [3.8, 4) is 0 Å². The van der Waals surface area contributed by atoms with E-state index in [1.807, 2.05) is 11.8 Å². The van der Waals surface area contributed by atoms with Crippen molar-refractivity contribution in [2.75, 3.05) is 11.5 Å². The monoisotopic (exact) mass is 266 g/mol. The van der Waals surface area contributed by atoms with Gasteiger partial charge in [0.2, 0.25) is 0 Å². The Kier molecular flexibility index (Phi) is 3.27. The topological polar surface area (TPSA) is 52.0 Å². The summed E-state index contributed by atoms with van der Waals surface area (Å²) in [5, 5.41) is 0.112. The van der Waals surface area contributed by atoms with Crippen molar-refractivity contribution in [1.82, 2.24) is 9.55 Å². The lowest BCUT2D eigenvalue weighted by Crippen LogP contribution is -2.17. The molecule has 7 heteroatoms. The third kappa shape index (κ3) is 2.49. The van der Waals surface area contributed by atoms with Crippen LogP contribution in [-0.4, -0.2) is 29.5 Å². The summed E-state index contributed by atoms with van der Waals surface area (Å²) in [6.45, 7) is 0. The molecule has 0 radical (unpaired) electrons. The van der Waals surface area contributed by atoms with E-state index >= 15 is 0 Å². The van der Waals surface area contributed by atoms with Gasteiger partial charge in [-0.2, -0.15) is 11.8 Å². The molecule has 0 bridgehead atoms. The molecule has 0 spiro atoms. The summed E-state index contributed by atoms with van der Waals surface area (Å²) in [6, 6.07) is 0.220. The maximum Gasteiger partial charge on any atom is 0.278 e. The van der Waals surface area contributed by atoms with Crippen molar-refractivity contribution in [2.24, 2.45) is 0 Å². The average molecular weight is 267 g/mol. The summed E-state index contributed by atoms with van der Waals surface area (Å²) < 4.78 is 24.2. The molecule has 1 aromatic heterocycles. The lowest BCUT2D eigenvalue weighted by molar-refractivity contribution is 0.438. The second-order valence-corrected chi connectivity index (χ2v) is 7.16. The van der Waals surface area contributed by atoms with Crippen LogP contribution in [0, 0.1) is 0 Å². The predicted molar refractivity (Wildman–Crippen MR) is 60.9 cm³/mol. The molecule has 2 heterocycles. The second kappa shape index (κ2) is 4.35. The summed E-state index contributed by atoms with van der Waals surface area (Å²) in [4.78, 5) is 3.86. The third-order valence-corrected chi connectivity index (χ3v) is 4.80. The van der Waals surface area contributed by atoms with Crippen LogP contribution >= 0.6 is 22.4 Å². The number of hydrogen-bond acceptors (Lipinski definition) is 4.